The third-order valence-electron chi connectivity index (χ3n) is 6.41. The second kappa shape index (κ2) is 8.42. The van der Waals surface area contributed by atoms with Crippen LogP contribution in [0.3, 0.4) is 0 Å². The summed E-state index contributed by atoms with van der Waals surface area (Å²) < 4.78 is 5.26. The van der Waals surface area contributed by atoms with Crippen molar-refractivity contribution < 1.29 is 23.9 Å². The summed E-state index contributed by atoms with van der Waals surface area (Å²) in [4.78, 5) is 52.9. The Balaban J connectivity index is 1.40. The molecule has 1 saturated heterocycles. The van der Waals surface area contributed by atoms with Crippen LogP contribution in [0.4, 0.5) is 0 Å². The Morgan fingerprint density at radius 3 is 2.60 bits per heavy atom. The minimum absolute atomic E-state index is 0.110. The Morgan fingerprint density at radius 1 is 1.07 bits per heavy atom. The second-order valence-corrected chi connectivity index (χ2v) is 8.19. The number of piperidine rings is 1. The number of esters is 1. The molecule has 0 N–H and O–H groups in total. The van der Waals surface area contributed by atoms with E-state index in [1.807, 2.05) is 4.90 Å². The number of hydrogen-bond acceptors (Lipinski definition) is 5. The van der Waals surface area contributed by atoms with Gasteiger partial charge in [-0.2, -0.15) is 0 Å². The summed E-state index contributed by atoms with van der Waals surface area (Å²) in [6, 6.07) is 4.53. The number of carbonyl (C=O) groups excluding carboxylic acids is 4. The number of nitrogens with zero attached hydrogens (tertiary/aromatic N) is 2. The van der Waals surface area contributed by atoms with Gasteiger partial charge in [0.2, 0.25) is 0 Å². The van der Waals surface area contributed by atoms with E-state index in [2.05, 4.69) is 6.58 Å². The van der Waals surface area contributed by atoms with Crippen molar-refractivity contribution in [1.82, 2.24) is 9.80 Å². The molecular weight excluding hydrogens is 384 g/mol. The molecule has 2 aliphatic heterocycles. The maximum atomic E-state index is 12.7. The summed E-state index contributed by atoms with van der Waals surface area (Å²) in [5.41, 5.74) is 0.576. The molecule has 7 heteroatoms. The lowest BCUT2D eigenvalue weighted by atomic mass is 9.78. The first-order chi connectivity index (χ1) is 14.5. The minimum atomic E-state index is -0.675. The molecule has 1 saturated carbocycles. The number of likely N-dealkylation sites (tertiary alicyclic amines) is 1. The smallest absolute Gasteiger partial charge is 0.338 e. The third-order valence-corrected chi connectivity index (χ3v) is 6.41. The van der Waals surface area contributed by atoms with Gasteiger partial charge in [-0.1, -0.05) is 18.9 Å². The van der Waals surface area contributed by atoms with Crippen molar-refractivity contribution in [3.05, 3.63) is 47.5 Å². The van der Waals surface area contributed by atoms with E-state index in [-0.39, 0.29) is 41.8 Å². The second-order valence-electron chi connectivity index (χ2n) is 8.19. The van der Waals surface area contributed by atoms with Crippen molar-refractivity contribution in [2.24, 2.45) is 5.92 Å². The molecule has 0 spiro atoms. The molecule has 2 atom stereocenters. The molecule has 0 bridgehead atoms. The minimum Gasteiger partial charge on any atom is -0.452 e. The fraction of sp³-hybridized carbons (Fsp3) is 0.478. The highest BCUT2D eigenvalue weighted by molar-refractivity contribution is 6.22. The lowest BCUT2D eigenvalue weighted by molar-refractivity contribution is -0.140. The van der Waals surface area contributed by atoms with Crippen LogP contribution in [0.15, 0.2) is 30.9 Å². The maximum absolute atomic E-state index is 12.7. The summed E-state index contributed by atoms with van der Waals surface area (Å²) in [7, 11) is 0. The van der Waals surface area contributed by atoms with Crippen LogP contribution in [0.5, 0.6) is 0 Å². The van der Waals surface area contributed by atoms with E-state index < -0.39 is 17.8 Å². The van der Waals surface area contributed by atoms with Gasteiger partial charge in [-0.05, 0) is 49.8 Å². The molecule has 0 unspecified atom stereocenters. The molecule has 4 rings (SSSR count). The molecule has 2 heterocycles. The number of benzene rings is 1. The predicted molar refractivity (Wildman–Crippen MR) is 109 cm³/mol. The van der Waals surface area contributed by atoms with Gasteiger partial charge < -0.3 is 9.64 Å². The van der Waals surface area contributed by atoms with Crippen LogP contribution in [0.1, 0.15) is 69.6 Å². The Morgan fingerprint density at radius 2 is 1.80 bits per heavy atom. The lowest BCUT2D eigenvalue weighted by Crippen LogP contribution is -2.50. The lowest BCUT2D eigenvalue weighted by Gasteiger charge is -2.44. The van der Waals surface area contributed by atoms with Crippen molar-refractivity contribution in [2.75, 3.05) is 19.7 Å². The highest BCUT2D eigenvalue weighted by Crippen LogP contribution is 2.35. The molecule has 3 aliphatic rings. The monoisotopic (exact) mass is 410 g/mol. The van der Waals surface area contributed by atoms with Gasteiger partial charge in [0.05, 0.1) is 16.7 Å². The number of fused-ring (bicyclic) bond motifs is 2. The van der Waals surface area contributed by atoms with Crippen molar-refractivity contribution in [1.29, 1.82) is 0 Å². The van der Waals surface area contributed by atoms with Gasteiger partial charge in [-0.15, -0.1) is 6.58 Å². The quantitative estimate of drug-likeness (QED) is 0.423. The summed E-state index contributed by atoms with van der Waals surface area (Å²) in [6.45, 7) is 4.06. The van der Waals surface area contributed by atoms with E-state index in [9.17, 15) is 19.2 Å². The van der Waals surface area contributed by atoms with E-state index in [1.54, 1.807) is 0 Å². The van der Waals surface area contributed by atoms with E-state index in [0.717, 1.165) is 24.2 Å². The van der Waals surface area contributed by atoms with Gasteiger partial charge in [0.1, 0.15) is 0 Å². The van der Waals surface area contributed by atoms with Gasteiger partial charge >= 0.3 is 5.97 Å². The summed E-state index contributed by atoms with van der Waals surface area (Å²) in [5.74, 6) is -1.14. The Kier molecular flexibility index (Phi) is 5.70. The normalized spacial score (nSPS) is 23.1. The molecule has 3 amide bonds. The molecule has 0 aromatic heterocycles. The number of ether oxygens (including phenoxy) is 1. The molecule has 7 nitrogen and oxygen atoms in total. The van der Waals surface area contributed by atoms with Crippen molar-refractivity contribution >= 4 is 23.7 Å². The fourth-order valence-corrected chi connectivity index (χ4v) is 4.94. The average Bonchev–Trinajstić information content (AvgIpc) is 3.01. The zero-order valence-electron chi connectivity index (χ0n) is 17.0. The Labute approximate surface area is 175 Å². The Bertz CT molecular complexity index is 907. The van der Waals surface area contributed by atoms with Crippen molar-refractivity contribution in [3.63, 3.8) is 0 Å². The first kappa shape index (κ1) is 20.3. The third kappa shape index (κ3) is 3.64. The van der Waals surface area contributed by atoms with Crippen LogP contribution in [-0.4, -0.2) is 59.2 Å². The zero-order chi connectivity index (χ0) is 21.3. The topological polar surface area (TPSA) is 84.0 Å². The number of hydrogen-bond donors (Lipinski definition) is 0. The summed E-state index contributed by atoms with van der Waals surface area (Å²) in [5, 5.41) is 0. The molecule has 0 radical (unpaired) electrons. The fourth-order valence-electron chi connectivity index (χ4n) is 4.94. The highest BCUT2D eigenvalue weighted by atomic mass is 16.5. The van der Waals surface area contributed by atoms with E-state index in [4.69, 9.17) is 4.74 Å². The summed E-state index contributed by atoms with van der Waals surface area (Å²) in [6.07, 6.45) is 8.17. The van der Waals surface area contributed by atoms with Gasteiger partial charge in [0, 0.05) is 19.1 Å². The van der Waals surface area contributed by atoms with Crippen molar-refractivity contribution in [3.8, 4) is 0 Å². The van der Waals surface area contributed by atoms with Gasteiger partial charge in [-0.25, -0.2) is 4.79 Å². The number of carbonyl (C=O) groups is 4. The summed E-state index contributed by atoms with van der Waals surface area (Å²) >= 11 is 0. The first-order valence-electron chi connectivity index (χ1n) is 10.6. The number of amides is 3. The number of rotatable bonds is 5. The molecule has 2 fully saturated rings. The van der Waals surface area contributed by atoms with E-state index >= 15 is 0 Å². The van der Waals surface area contributed by atoms with Gasteiger partial charge in [-0.3, -0.25) is 19.3 Å². The SMILES string of the molecule is C=CCN1C(=O)c2ccc(C(=O)OCC(=O)N3CCC[C@H]4CCCC[C@H]43)cc2C1=O. The highest BCUT2D eigenvalue weighted by Gasteiger charge is 2.37. The molecule has 1 aromatic carbocycles. The molecule has 158 valence electrons. The van der Waals surface area contributed by atoms with Crippen LogP contribution in [0.2, 0.25) is 0 Å². The molecular formula is C23H26N2O5. The maximum Gasteiger partial charge on any atom is 0.338 e. The zero-order valence-corrected chi connectivity index (χ0v) is 17.0. The molecule has 1 aliphatic carbocycles. The standard InChI is InChI=1S/C23H26N2O5/c1-2-11-25-21(27)17-10-9-16(13-18(17)22(25)28)23(29)30-14-20(26)24-12-5-7-15-6-3-4-8-19(15)24/h2,9-10,13,15,19H,1,3-8,11-12,14H2/t15-,19-/m1/s1. The van der Waals surface area contributed by atoms with Crippen LogP contribution in [0.25, 0.3) is 0 Å². The first-order valence-corrected chi connectivity index (χ1v) is 10.6. The predicted octanol–water partition coefficient (Wildman–Crippen LogP) is 2.81. The van der Waals surface area contributed by atoms with Crippen LogP contribution in [0, 0.1) is 5.92 Å². The van der Waals surface area contributed by atoms with Crippen LogP contribution >= 0.6 is 0 Å². The number of imide groups is 1. The largest absolute Gasteiger partial charge is 0.452 e. The Hall–Kier alpha value is -2.96. The van der Waals surface area contributed by atoms with Crippen molar-refractivity contribution in [2.45, 2.75) is 44.6 Å². The molecule has 30 heavy (non-hydrogen) atoms. The van der Waals surface area contributed by atoms with E-state index in [1.165, 1.54) is 43.5 Å². The van der Waals surface area contributed by atoms with Crippen LogP contribution < -0.4 is 0 Å². The van der Waals surface area contributed by atoms with Gasteiger partial charge in [0.25, 0.3) is 17.7 Å². The van der Waals surface area contributed by atoms with Crippen LogP contribution in [-0.2, 0) is 9.53 Å². The van der Waals surface area contributed by atoms with E-state index in [0.29, 0.717) is 12.5 Å². The average molecular weight is 410 g/mol. The van der Waals surface area contributed by atoms with Gasteiger partial charge in [0.15, 0.2) is 6.61 Å². The molecule has 1 aromatic rings.